The van der Waals surface area contributed by atoms with E-state index in [0.717, 1.165) is 17.7 Å². The Labute approximate surface area is 130 Å². The Hall–Kier alpha value is -1.52. The van der Waals surface area contributed by atoms with E-state index in [1.54, 1.807) is 24.3 Å². The Morgan fingerprint density at radius 3 is 2.33 bits per heavy atom. The van der Waals surface area contributed by atoms with Crippen LogP contribution in [0.25, 0.3) is 0 Å². The average Bonchev–Trinajstić information content (AvgIpc) is 2.44. The molecule has 0 fully saturated rings. The van der Waals surface area contributed by atoms with E-state index in [1.807, 2.05) is 24.3 Å². The highest BCUT2D eigenvalue weighted by Crippen LogP contribution is 2.25. The highest BCUT2D eigenvalue weighted by molar-refractivity contribution is 7.90. The van der Waals surface area contributed by atoms with Gasteiger partial charge in [-0.25, -0.2) is 8.42 Å². The second-order valence-corrected chi connectivity index (χ2v) is 7.41. The van der Waals surface area contributed by atoms with Gasteiger partial charge in [-0.2, -0.15) is 0 Å². The summed E-state index contributed by atoms with van der Waals surface area (Å²) in [6.45, 7) is 2.09. The topological polar surface area (TPSA) is 46.2 Å². The van der Waals surface area contributed by atoms with Gasteiger partial charge in [-0.15, -0.1) is 0 Å². The molecule has 0 amide bonds. The van der Waals surface area contributed by atoms with Crippen LogP contribution in [0.5, 0.6) is 0 Å². The first kappa shape index (κ1) is 15.9. The molecule has 1 unspecified atom stereocenters. The van der Waals surface area contributed by atoms with E-state index in [9.17, 15) is 8.42 Å². The number of benzene rings is 2. The molecule has 0 radical (unpaired) electrons. The Bertz CT molecular complexity index is 711. The summed E-state index contributed by atoms with van der Waals surface area (Å²) in [6.07, 6.45) is 2.10. The van der Waals surface area contributed by atoms with E-state index in [1.165, 1.54) is 6.26 Å². The molecule has 5 heteroatoms. The molecule has 0 aliphatic rings. The van der Waals surface area contributed by atoms with Gasteiger partial charge in [-0.05, 0) is 48.4 Å². The van der Waals surface area contributed by atoms with Gasteiger partial charge in [-0.3, -0.25) is 0 Å². The third-order valence-electron chi connectivity index (χ3n) is 3.28. The molecule has 0 aliphatic carbocycles. The van der Waals surface area contributed by atoms with Crippen LogP contribution in [-0.4, -0.2) is 14.7 Å². The van der Waals surface area contributed by atoms with Crippen LogP contribution in [-0.2, 0) is 9.84 Å². The minimum Gasteiger partial charge on any atom is -0.378 e. The summed E-state index contributed by atoms with van der Waals surface area (Å²) in [6, 6.07) is 14.7. The van der Waals surface area contributed by atoms with Gasteiger partial charge < -0.3 is 5.32 Å². The molecular formula is C16H18ClNO2S. The lowest BCUT2D eigenvalue weighted by Gasteiger charge is -2.19. The third kappa shape index (κ3) is 4.22. The molecule has 0 saturated carbocycles. The summed E-state index contributed by atoms with van der Waals surface area (Å²) >= 11 is 6.03. The maximum absolute atomic E-state index is 11.4. The maximum Gasteiger partial charge on any atom is 0.175 e. The first-order valence-electron chi connectivity index (χ1n) is 6.72. The lowest BCUT2D eigenvalue weighted by Crippen LogP contribution is -2.09. The summed E-state index contributed by atoms with van der Waals surface area (Å²) in [5.74, 6) is 0. The van der Waals surface area contributed by atoms with Crippen molar-refractivity contribution in [2.75, 3.05) is 11.6 Å². The minimum absolute atomic E-state index is 0.132. The summed E-state index contributed by atoms with van der Waals surface area (Å²) in [5, 5.41) is 4.11. The Morgan fingerprint density at radius 1 is 1.14 bits per heavy atom. The highest BCUT2D eigenvalue weighted by Gasteiger charge is 2.11. The normalized spacial score (nSPS) is 12.9. The van der Waals surface area contributed by atoms with E-state index >= 15 is 0 Å². The smallest absolute Gasteiger partial charge is 0.175 e. The molecule has 0 aromatic heterocycles. The van der Waals surface area contributed by atoms with E-state index in [2.05, 4.69) is 12.2 Å². The monoisotopic (exact) mass is 323 g/mol. The number of hydrogen-bond acceptors (Lipinski definition) is 3. The lowest BCUT2D eigenvalue weighted by molar-refractivity contribution is 0.602. The van der Waals surface area contributed by atoms with Gasteiger partial charge in [0.25, 0.3) is 0 Å². The standard InChI is InChI=1S/C16H18ClNO2S/c1-3-16(12-5-4-6-13(17)11-12)18-14-7-9-15(10-8-14)21(2,19)20/h4-11,16,18H,3H2,1-2H3. The lowest BCUT2D eigenvalue weighted by atomic mass is 10.0. The van der Waals surface area contributed by atoms with Crippen LogP contribution < -0.4 is 5.32 Å². The number of anilines is 1. The van der Waals surface area contributed by atoms with Crippen molar-refractivity contribution in [1.82, 2.24) is 0 Å². The third-order valence-corrected chi connectivity index (χ3v) is 4.65. The van der Waals surface area contributed by atoms with Crippen LogP contribution >= 0.6 is 11.6 Å². The average molecular weight is 324 g/mol. The minimum atomic E-state index is -3.16. The molecular weight excluding hydrogens is 306 g/mol. The summed E-state index contributed by atoms with van der Waals surface area (Å²) in [5.41, 5.74) is 1.99. The molecule has 2 rings (SSSR count). The molecule has 1 atom stereocenters. The largest absolute Gasteiger partial charge is 0.378 e. The molecule has 1 N–H and O–H groups in total. The van der Waals surface area contributed by atoms with Crippen LogP contribution in [0.3, 0.4) is 0 Å². The molecule has 0 bridgehead atoms. The second-order valence-electron chi connectivity index (χ2n) is 4.96. The zero-order chi connectivity index (χ0) is 15.5. The van der Waals surface area contributed by atoms with Gasteiger partial charge in [0.2, 0.25) is 0 Å². The zero-order valence-electron chi connectivity index (χ0n) is 12.0. The summed E-state index contributed by atoms with van der Waals surface area (Å²) in [7, 11) is -3.16. The first-order chi connectivity index (χ1) is 9.90. The van der Waals surface area contributed by atoms with E-state index < -0.39 is 9.84 Å². The number of rotatable bonds is 5. The fraction of sp³-hybridized carbons (Fsp3) is 0.250. The van der Waals surface area contributed by atoms with Crippen LogP contribution in [0.4, 0.5) is 5.69 Å². The van der Waals surface area contributed by atoms with Crippen LogP contribution in [0.15, 0.2) is 53.4 Å². The molecule has 112 valence electrons. The predicted octanol–water partition coefficient (Wildman–Crippen LogP) is 4.31. The Kier molecular flexibility index (Phi) is 4.91. The van der Waals surface area contributed by atoms with Crippen molar-refractivity contribution < 1.29 is 8.42 Å². The van der Waals surface area contributed by atoms with E-state index in [4.69, 9.17) is 11.6 Å². The zero-order valence-corrected chi connectivity index (χ0v) is 13.6. The number of hydrogen-bond donors (Lipinski definition) is 1. The van der Waals surface area contributed by atoms with Crippen molar-refractivity contribution in [2.24, 2.45) is 0 Å². The van der Waals surface area contributed by atoms with Crippen molar-refractivity contribution in [3.63, 3.8) is 0 Å². The van der Waals surface area contributed by atoms with Crippen molar-refractivity contribution in [3.05, 3.63) is 59.1 Å². The molecule has 3 nitrogen and oxygen atoms in total. The Morgan fingerprint density at radius 2 is 1.81 bits per heavy atom. The summed E-state index contributed by atoms with van der Waals surface area (Å²) < 4.78 is 22.9. The van der Waals surface area contributed by atoms with Gasteiger partial charge in [0, 0.05) is 17.0 Å². The molecule has 2 aromatic carbocycles. The number of nitrogens with one attached hydrogen (secondary N) is 1. The predicted molar refractivity (Wildman–Crippen MR) is 87.7 cm³/mol. The number of halogens is 1. The fourth-order valence-electron chi connectivity index (χ4n) is 2.14. The fourth-order valence-corrected chi connectivity index (χ4v) is 2.97. The Balaban J connectivity index is 2.19. The molecule has 2 aromatic rings. The maximum atomic E-state index is 11.4. The molecule has 0 aliphatic heterocycles. The van der Waals surface area contributed by atoms with Gasteiger partial charge >= 0.3 is 0 Å². The van der Waals surface area contributed by atoms with Crippen LogP contribution in [0, 0.1) is 0 Å². The van der Waals surface area contributed by atoms with E-state index in [-0.39, 0.29) is 6.04 Å². The number of sulfone groups is 1. The molecule has 21 heavy (non-hydrogen) atoms. The van der Waals surface area contributed by atoms with Crippen molar-refractivity contribution in [2.45, 2.75) is 24.3 Å². The van der Waals surface area contributed by atoms with Gasteiger partial charge in [-0.1, -0.05) is 30.7 Å². The quantitative estimate of drug-likeness (QED) is 0.892. The first-order valence-corrected chi connectivity index (χ1v) is 8.99. The van der Waals surface area contributed by atoms with Crippen LogP contribution in [0.1, 0.15) is 24.9 Å². The van der Waals surface area contributed by atoms with Gasteiger partial charge in [0.1, 0.15) is 0 Å². The molecule has 0 spiro atoms. The van der Waals surface area contributed by atoms with Gasteiger partial charge in [0.05, 0.1) is 10.9 Å². The van der Waals surface area contributed by atoms with Crippen molar-refractivity contribution in [3.8, 4) is 0 Å². The molecule has 0 heterocycles. The summed E-state index contributed by atoms with van der Waals surface area (Å²) in [4.78, 5) is 0.323. The highest BCUT2D eigenvalue weighted by atomic mass is 35.5. The van der Waals surface area contributed by atoms with Crippen molar-refractivity contribution in [1.29, 1.82) is 0 Å². The second kappa shape index (κ2) is 6.50. The van der Waals surface area contributed by atoms with Crippen LogP contribution in [0.2, 0.25) is 5.02 Å². The van der Waals surface area contributed by atoms with Crippen molar-refractivity contribution >= 4 is 27.1 Å². The SMILES string of the molecule is CCC(Nc1ccc(S(C)(=O)=O)cc1)c1cccc(Cl)c1. The van der Waals surface area contributed by atoms with Gasteiger partial charge in [0.15, 0.2) is 9.84 Å². The molecule has 0 saturated heterocycles. The van der Waals surface area contributed by atoms with E-state index in [0.29, 0.717) is 9.92 Å².